The molecule has 1 aliphatic rings. The topological polar surface area (TPSA) is 73.6 Å². The highest BCUT2D eigenvalue weighted by Gasteiger charge is 2.38. The molecule has 0 unspecified atom stereocenters. The zero-order chi connectivity index (χ0) is 17.8. The molecule has 0 aliphatic carbocycles. The van der Waals surface area contributed by atoms with E-state index in [1.54, 1.807) is 13.0 Å². The molecule has 8 heteroatoms. The van der Waals surface area contributed by atoms with Crippen LogP contribution in [0, 0.1) is 12.3 Å². The van der Waals surface area contributed by atoms with Crippen molar-refractivity contribution in [3.63, 3.8) is 0 Å². The van der Waals surface area contributed by atoms with Crippen molar-refractivity contribution in [1.82, 2.24) is 0 Å². The first-order valence-corrected chi connectivity index (χ1v) is 7.65. The number of rotatable bonds is 5. The maximum atomic E-state index is 12.5. The SMILES string of the molecule is Cc1cc(NC(=O)C2(CN)CCOCC2)ccc1OCC(F)(F)F. The molecule has 1 heterocycles. The van der Waals surface area contributed by atoms with Crippen LogP contribution in [0.2, 0.25) is 0 Å². The average molecular weight is 346 g/mol. The van der Waals surface area contributed by atoms with E-state index in [0.717, 1.165) is 0 Å². The third kappa shape index (κ3) is 4.61. The van der Waals surface area contributed by atoms with Gasteiger partial charge in [0.25, 0.3) is 0 Å². The van der Waals surface area contributed by atoms with Crippen LogP contribution in [0.25, 0.3) is 0 Å². The Kier molecular flexibility index (Phi) is 5.71. The van der Waals surface area contributed by atoms with Gasteiger partial charge in [-0.25, -0.2) is 0 Å². The molecule has 1 saturated heterocycles. The third-order valence-corrected chi connectivity index (χ3v) is 4.15. The van der Waals surface area contributed by atoms with Gasteiger partial charge in [0.2, 0.25) is 5.91 Å². The molecule has 0 radical (unpaired) electrons. The van der Waals surface area contributed by atoms with Gasteiger partial charge in [0, 0.05) is 25.4 Å². The van der Waals surface area contributed by atoms with Gasteiger partial charge in [0.1, 0.15) is 5.75 Å². The zero-order valence-corrected chi connectivity index (χ0v) is 13.4. The highest BCUT2D eigenvalue weighted by atomic mass is 19.4. The Morgan fingerprint density at radius 2 is 2.04 bits per heavy atom. The lowest BCUT2D eigenvalue weighted by molar-refractivity contribution is -0.153. The molecule has 0 aromatic heterocycles. The van der Waals surface area contributed by atoms with Gasteiger partial charge in [-0.3, -0.25) is 4.79 Å². The number of anilines is 1. The number of amides is 1. The summed E-state index contributed by atoms with van der Waals surface area (Å²) in [5.41, 5.74) is 6.12. The number of benzene rings is 1. The summed E-state index contributed by atoms with van der Waals surface area (Å²) in [6.07, 6.45) is -3.31. The van der Waals surface area contributed by atoms with Gasteiger partial charge in [-0.1, -0.05) is 0 Å². The molecule has 1 amide bonds. The number of alkyl halides is 3. The van der Waals surface area contributed by atoms with Crippen molar-refractivity contribution < 1.29 is 27.4 Å². The summed E-state index contributed by atoms with van der Waals surface area (Å²) >= 11 is 0. The first-order valence-electron chi connectivity index (χ1n) is 7.65. The third-order valence-electron chi connectivity index (χ3n) is 4.15. The lowest BCUT2D eigenvalue weighted by Gasteiger charge is -2.34. The second-order valence-corrected chi connectivity index (χ2v) is 5.94. The number of carbonyl (C=O) groups excluding carboxylic acids is 1. The summed E-state index contributed by atoms with van der Waals surface area (Å²) in [5.74, 6) is -0.0680. The molecule has 3 N–H and O–H groups in total. The average Bonchev–Trinajstić information content (AvgIpc) is 2.53. The maximum absolute atomic E-state index is 12.5. The Hall–Kier alpha value is -1.80. The number of ether oxygens (including phenoxy) is 2. The molecular weight excluding hydrogens is 325 g/mol. The van der Waals surface area contributed by atoms with Crippen LogP contribution in [0.1, 0.15) is 18.4 Å². The van der Waals surface area contributed by atoms with E-state index in [2.05, 4.69) is 5.32 Å². The summed E-state index contributed by atoms with van der Waals surface area (Å²) in [6.45, 7) is 1.44. The smallest absolute Gasteiger partial charge is 0.422 e. The van der Waals surface area contributed by atoms with Crippen LogP contribution in [0.15, 0.2) is 18.2 Å². The number of nitrogens with two attached hydrogens (primary N) is 1. The van der Waals surface area contributed by atoms with Crippen LogP contribution in [-0.2, 0) is 9.53 Å². The Labute approximate surface area is 138 Å². The van der Waals surface area contributed by atoms with Crippen molar-refractivity contribution >= 4 is 11.6 Å². The summed E-state index contributed by atoms with van der Waals surface area (Å²) in [5, 5.41) is 2.79. The number of hydrogen-bond acceptors (Lipinski definition) is 4. The van der Waals surface area contributed by atoms with Crippen molar-refractivity contribution in [2.45, 2.75) is 25.9 Å². The molecular formula is C16H21F3N2O3. The minimum atomic E-state index is -4.39. The lowest BCUT2D eigenvalue weighted by atomic mass is 9.79. The van der Waals surface area contributed by atoms with E-state index < -0.39 is 18.2 Å². The standard InChI is InChI=1S/C16H21F3N2O3/c1-11-8-12(2-3-13(11)24-10-16(17,18)19)21-14(22)15(9-20)4-6-23-7-5-15/h2-3,8H,4-7,9-10,20H2,1H3,(H,21,22). The van der Waals surface area contributed by atoms with Crippen molar-refractivity contribution in [3.05, 3.63) is 23.8 Å². The zero-order valence-electron chi connectivity index (χ0n) is 13.4. The second kappa shape index (κ2) is 7.40. The van der Waals surface area contributed by atoms with Crippen molar-refractivity contribution in [2.24, 2.45) is 11.1 Å². The Bertz CT molecular complexity index is 584. The van der Waals surface area contributed by atoms with Crippen LogP contribution < -0.4 is 15.8 Å². The van der Waals surface area contributed by atoms with E-state index in [0.29, 0.717) is 37.3 Å². The number of aryl methyl sites for hydroxylation is 1. The molecule has 134 valence electrons. The molecule has 0 spiro atoms. The first-order chi connectivity index (χ1) is 11.3. The van der Waals surface area contributed by atoms with E-state index in [-0.39, 0.29) is 18.2 Å². The van der Waals surface area contributed by atoms with Crippen molar-refractivity contribution in [3.8, 4) is 5.75 Å². The van der Waals surface area contributed by atoms with Crippen LogP contribution >= 0.6 is 0 Å². The number of hydrogen-bond donors (Lipinski definition) is 2. The van der Waals surface area contributed by atoms with E-state index in [1.807, 2.05) is 0 Å². The molecule has 1 aromatic carbocycles. The minimum absolute atomic E-state index is 0.130. The van der Waals surface area contributed by atoms with E-state index >= 15 is 0 Å². The van der Waals surface area contributed by atoms with Crippen LogP contribution in [0.5, 0.6) is 5.75 Å². The molecule has 24 heavy (non-hydrogen) atoms. The summed E-state index contributed by atoms with van der Waals surface area (Å²) < 4.78 is 46.6. The number of nitrogens with one attached hydrogen (secondary N) is 1. The summed E-state index contributed by atoms with van der Waals surface area (Å²) in [4.78, 5) is 12.5. The van der Waals surface area contributed by atoms with Gasteiger partial charge in [-0.2, -0.15) is 13.2 Å². The quantitative estimate of drug-likeness (QED) is 0.860. The molecule has 2 rings (SSSR count). The fourth-order valence-corrected chi connectivity index (χ4v) is 2.60. The van der Waals surface area contributed by atoms with Gasteiger partial charge in [0.05, 0.1) is 5.41 Å². The highest BCUT2D eigenvalue weighted by molar-refractivity contribution is 5.95. The van der Waals surface area contributed by atoms with Crippen molar-refractivity contribution in [1.29, 1.82) is 0 Å². The Morgan fingerprint density at radius 3 is 2.58 bits per heavy atom. The van der Waals surface area contributed by atoms with Gasteiger partial charge < -0.3 is 20.5 Å². The molecule has 0 saturated carbocycles. The predicted molar refractivity (Wildman–Crippen MR) is 82.9 cm³/mol. The summed E-state index contributed by atoms with van der Waals surface area (Å²) in [7, 11) is 0. The van der Waals surface area contributed by atoms with E-state index in [4.69, 9.17) is 15.2 Å². The number of halogens is 3. The van der Waals surface area contributed by atoms with E-state index in [1.165, 1.54) is 12.1 Å². The maximum Gasteiger partial charge on any atom is 0.422 e. The van der Waals surface area contributed by atoms with Crippen LogP contribution in [0.4, 0.5) is 18.9 Å². The monoisotopic (exact) mass is 346 g/mol. The Balaban J connectivity index is 2.04. The first kappa shape index (κ1) is 18.5. The molecule has 0 bridgehead atoms. The highest BCUT2D eigenvalue weighted by Crippen LogP contribution is 2.32. The molecule has 1 aromatic rings. The molecule has 5 nitrogen and oxygen atoms in total. The van der Waals surface area contributed by atoms with Crippen molar-refractivity contribution in [2.75, 3.05) is 31.7 Å². The van der Waals surface area contributed by atoms with Crippen LogP contribution in [0.3, 0.4) is 0 Å². The molecule has 1 fully saturated rings. The van der Waals surface area contributed by atoms with Gasteiger partial charge in [-0.15, -0.1) is 0 Å². The van der Waals surface area contributed by atoms with E-state index in [9.17, 15) is 18.0 Å². The largest absolute Gasteiger partial charge is 0.484 e. The predicted octanol–water partition coefficient (Wildman–Crippen LogP) is 2.63. The van der Waals surface area contributed by atoms with Gasteiger partial charge in [-0.05, 0) is 43.5 Å². The second-order valence-electron chi connectivity index (χ2n) is 5.94. The minimum Gasteiger partial charge on any atom is -0.484 e. The fourth-order valence-electron chi connectivity index (χ4n) is 2.60. The number of carbonyl (C=O) groups is 1. The van der Waals surface area contributed by atoms with Crippen LogP contribution in [-0.4, -0.2) is 38.4 Å². The van der Waals surface area contributed by atoms with Gasteiger partial charge in [0.15, 0.2) is 6.61 Å². The summed E-state index contributed by atoms with van der Waals surface area (Å²) in [6, 6.07) is 4.50. The Morgan fingerprint density at radius 1 is 1.38 bits per heavy atom. The van der Waals surface area contributed by atoms with Gasteiger partial charge >= 0.3 is 6.18 Å². The fraction of sp³-hybridized carbons (Fsp3) is 0.562. The lowest BCUT2D eigenvalue weighted by Crippen LogP contribution is -2.46. The molecule has 0 atom stereocenters. The normalized spacial score (nSPS) is 17.4. The molecule has 1 aliphatic heterocycles.